The summed E-state index contributed by atoms with van der Waals surface area (Å²) in [5, 5.41) is 20.9. The van der Waals surface area contributed by atoms with Gasteiger partial charge in [0.05, 0.1) is 26.4 Å². The van der Waals surface area contributed by atoms with E-state index in [4.69, 9.17) is 4.98 Å². The van der Waals surface area contributed by atoms with E-state index < -0.39 is 29.4 Å². The fourth-order valence-electron chi connectivity index (χ4n) is 10.7. The van der Waals surface area contributed by atoms with Crippen molar-refractivity contribution in [3.05, 3.63) is 94.0 Å². The maximum atomic E-state index is 14.0. The Morgan fingerprint density at radius 2 is 1.73 bits per heavy atom. The molecule has 3 aromatic carbocycles. The average molecular weight is 865 g/mol. The number of amides is 4. The number of alkyl halides is 2. The molecule has 4 amide bonds. The molecule has 4 heterocycles. The topological polar surface area (TPSA) is 144 Å². The van der Waals surface area contributed by atoms with Crippen LogP contribution in [0.3, 0.4) is 0 Å². The van der Waals surface area contributed by atoms with Crippen LogP contribution in [-0.2, 0) is 21.1 Å². The van der Waals surface area contributed by atoms with Crippen LogP contribution in [0.5, 0.6) is 0 Å². The number of nitrogens with one attached hydrogen (secondary N) is 3. The number of anilines is 2. The molecule has 4 aromatic rings. The molecular weight excluding hydrogens is 811 g/mol. The Bertz CT molecular complexity index is 2470. The molecule has 1 unspecified atom stereocenters. The fraction of sp³-hybridized carbons (Fsp3) is 0.479. The number of fused-ring (bicyclic) bond motifs is 2. The summed E-state index contributed by atoms with van der Waals surface area (Å²) in [5.74, 6) is -2.96. The standard InChI is InChI=1S/C48H54F2N6O5S/c1-27-33-9-6-10-35(41(33)45(60)56(27)38-15-16-40(57)54-43(38)59)51-18-17-29-22-48(23-29)25-55(26-48)24-28-11-13-30(14-12-28)44-53-37-20-34(46(2,3)61)36(21-39(37)62-44)52-42(58)31-7-5-8-32(19-31)47(4,49)50/h5-10,19-21,28-30,38,51,61H,1,11-18,22-26H2,2-4H3,(H,52,58)(H,54,57,59). The highest BCUT2D eigenvalue weighted by Gasteiger charge is 2.52. The predicted molar refractivity (Wildman–Crippen MR) is 236 cm³/mol. The molecule has 1 aromatic heterocycles. The number of likely N-dealkylation sites (tertiary alicyclic amines) is 1. The lowest BCUT2D eigenvalue weighted by Crippen LogP contribution is -2.63. The first-order valence-electron chi connectivity index (χ1n) is 21.9. The van der Waals surface area contributed by atoms with E-state index in [1.807, 2.05) is 30.3 Å². The van der Waals surface area contributed by atoms with Gasteiger partial charge in [-0.2, -0.15) is 0 Å². The summed E-state index contributed by atoms with van der Waals surface area (Å²) >= 11 is 1.62. The molecule has 14 heteroatoms. The number of hydrogen-bond acceptors (Lipinski definition) is 9. The number of carbonyl (C=O) groups is 4. The number of halogens is 2. The molecular formula is C48H54F2N6O5S. The van der Waals surface area contributed by atoms with Crippen LogP contribution in [0.25, 0.3) is 15.9 Å². The molecule has 1 spiro atoms. The number of aliphatic hydroxyl groups is 1. The zero-order chi connectivity index (χ0) is 43.7. The molecule has 3 aliphatic heterocycles. The summed E-state index contributed by atoms with van der Waals surface area (Å²) in [7, 11) is 0. The molecule has 2 aliphatic carbocycles. The Morgan fingerprint density at radius 1 is 0.984 bits per heavy atom. The van der Waals surface area contributed by atoms with E-state index in [2.05, 4.69) is 27.4 Å². The Kier molecular flexibility index (Phi) is 10.9. The van der Waals surface area contributed by atoms with Crippen LogP contribution in [0, 0.1) is 17.3 Å². The van der Waals surface area contributed by atoms with E-state index in [0.29, 0.717) is 45.7 Å². The molecule has 4 fully saturated rings. The Hall–Kier alpha value is -5.05. The lowest BCUT2D eigenvalue weighted by Gasteiger charge is -2.60. The van der Waals surface area contributed by atoms with Crippen LogP contribution in [0.4, 0.5) is 20.2 Å². The van der Waals surface area contributed by atoms with Gasteiger partial charge in [0.15, 0.2) is 0 Å². The summed E-state index contributed by atoms with van der Waals surface area (Å²) in [4.78, 5) is 60.3. The minimum absolute atomic E-state index is 0.116. The number of benzene rings is 3. The van der Waals surface area contributed by atoms with E-state index in [9.17, 15) is 33.1 Å². The van der Waals surface area contributed by atoms with Crippen LogP contribution >= 0.6 is 11.3 Å². The third kappa shape index (κ3) is 8.17. The SMILES string of the molecule is C=C1c2cccc(NCCC3CC4(C3)CN(CC3CCC(c5nc6cc(C(C)(C)O)c(NC(=O)c7cccc(C(C)(F)F)c7)cc6s5)CC3)C4)c2C(=O)N1C1CCC(=O)NC1=O. The van der Waals surface area contributed by atoms with Gasteiger partial charge in [0, 0.05) is 84.8 Å². The molecule has 5 aliphatic rings. The van der Waals surface area contributed by atoms with E-state index >= 15 is 0 Å². The van der Waals surface area contributed by atoms with Gasteiger partial charge in [0.1, 0.15) is 6.04 Å². The fourth-order valence-corrected chi connectivity index (χ4v) is 11.9. The average Bonchev–Trinajstić information content (AvgIpc) is 3.73. The van der Waals surface area contributed by atoms with Crippen LogP contribution in [-0.4, -0.2) is 75.7 Å². The first-order valence-corrected chi connectivity index (χ1v) is 22.7. The van der Waals surface area contributed by atoms with Gasteiger partial charge in [0.2, 0.25) is 11.8 Å². The first-order chi connectivity index (χ1) is 29.4. The highest BCUT2D eigenvalue weighted by molar-refractivity contribution is 7.18. The third-order valence-corrected chi connectivity index (χ3v) is 15.0. The van der Waals surface area contributed by atoms with Gasteiger partial charge in [-0.1, -0.05) is 30.8 Å². The van der Waals surface area contributed by atoms with Crippen molar-refractivity contribution in [1.29, 1.82) is 0 Å². The molecule has 11 nitrogen and oxygen atoms in total. The van der Waals surface area contributed by atoms with Crippen molar-refractivity contribution in [1.82, 2.24) is 20.1 Å². The highest BCUT2D eigenvalue weighted by Crippen LogP contribution is 2.54. The summed E-state index contributed by atoms with van der Waals surface area (Å²) in [6, 6.07) is 14.1. The van der Waals surface area contributed by atoms with E-state index in [1.165, 1.54) is 42.0 Å². The minimum Gasteiger partial charge on any atom is -0.386 e. The van der Waals surface area contributed by atoms with Crippen LogP contribution < -0.4 is 16.0 Å². The molecule has 2 saturated heterocycles. The number of nitrogens with zero attached hydrogens (tertiary/aromatic N) is 3. The van der Waals surface area contributed by atoms with Crippen LogP contribution in [0.15, 0.2) is 61.2 Å². The molecule has 4 N–H and O–H groups in total. The van der Waals surface area contributed by atoms with E-state index in [1.54, 1.807) is 25.2 Å². The van der Waals surface area contributed by atoms with Crippen molar-refractivity contribution in [2.24, 2.45) is 17.3 Å². The molecule has 326 valence electrons. The largest absolute Gasteiger partial charge is 0.386 e. The summed E-state index contributed by atoms with van der Waals surface area (Å²) in [6.07, 6.45) is 8.40. The molecule has 9 rings (SSSR count). The number of piperidine rings is 1. The second kappa shape index (κ2) is 15.9. The third-order valence-electron chi connectivity index (χ3n) is 13.8. The highest BCUT2D eigenvalue weighted by atomic mass is 32.1. The zero-order valence-electron chi connectivity index (χ0n) is 35.5. The van der Waals surface area contributed by atoms with Crippen molar-refractivity contribution < 1.29 is 33.1 Å². The first kappa shape index (κ1) is 42.3. The second-order valence-electron chi connectivity index (χ2n) is 19.1. The number of imide groups is 1. The van der Waals surface area contributed by atoms with E-state index in [0.717, 1.165) is 91.7 Å². The van der Waals surface area contributed by atoms with Gasteiger partial charge in [-0.3, -0.25) is 29.4 Å². The smallest absolute Gasteiger partial charge is 0.270 e. The molecule has 0 radical (unpaired) electrons. The molecule has 1 atom stereocenters. The van der Waals surface area contributed by atoms with Gasteiger partial charge >= 0.3 is 0 Å². The van der Waals surface area contributed by atoms with E-state index in [-0.39, 0.29) is 35.8 Å². The Labute approximate surface area is 364 Å². The second-order valence-corrected chi connectivity index (χ2v) is 20.2. The quantitative estimate of drug-likeness (QED) is 0.104. The number of carbonyl (C=O) groups excluding carboxylic acids is 4. The summed E-state index contributed by atoms with van der Waals surface area (Å²) < 4.78 is 28.9. The Balaban J connectivity index is 0.735. The van der Waals surface area contributed by atoms with Gasteiger partial charge < -0.3 is 20.6 Å². The maximum Gasteiger partial charge on any atom is 0.270 e. The predicted octanol–water partition coefficient (Wildman–Crippen LogP) is 8.61. The lowest BCUT2D eigenvalue weighted by atomic mass is 9.57. The van der Waals surface area contributed by atoms with Crippen molar-refractivity contribution in [2.45, 2.75) is 102 Å². The van der Waals surface area contributed by atoms with Crippen molar-refractivity contribution >= 4 is 62.3 Å². The van der Waals surface area contributed by atoms with Gasteiger partial charge in [-0.15, -0.1) is 11.3 Å². The lowest BCUT2D eigenvalue weighted by molar-refractivity contribution is -0.136. The van der Waals surface area contributed by atoms with Crippen molar-refractivity contribution in [3.8, 4) is 0 Å². The number of hydrogen-bond donors (Lipinski definition) is 4. The van der Waals surface area contributed by atoms with Crippen LogP contribution in [0.1, 0.15) is 127 Å². The van der Waals surface area contributed by atoms with Crippen molar-refractivity contribution in [2.75, 3.05) is 36.8 Å². The Morgan fingerprint density at radius 3 is 2.44 bits per heavy atom. The summed E-state index contributed by atoms with van der Waals surface area (Å²) in [5.41, 5.74) is 3.28. The maximum absolute atomic E-state index is 14.0. The monoisotopic (exact) mass is 864 g/mol. The molecule has 0 bridgehead atoms. The number of thiazole rings is 1. The minimum atomic E-state index is -3.08. The van der Waals surface area contributed by atoms with Gasteiger partial charge in [-0.05, 0) is 113 Å². The number of rotatable bonds is 12. The van der Waals surface area contributed by atoms with Gasteiger partial charge in [0.25, 0.3) is 17.7 Å². The summed E-state index contributed by atoms with van der Waals surface area (Å²) in [6.45, 7) is 12.5. The van der Waals surface area contributed by atoms with Crippen molar-refractivity contribution in [3.63, 3.8) is 0 Å². The zero-order valence-corrected chi connectivity index (χ0v) is 36.3. The normalized spacial score (nSPS) is 23.0. The molecule has 2 saturated carbocycles. The molecule has 62 heavy (non-hydrogen) atoms. The van der Waals surface area contributed by atoms with Crippen LogP contribution in [0.2, 0.25) is 0 Å². The number of aromatic nitrogens is 1. The van der Waals surface area contributed by atoms with Gasteiger partial charge in [-0.25, -0.2) is 13.8 Å².